The molecule has 2 heterocycles. The van der Waals surface area contributed by atoms with E-state index >= 15 is 0 Å². The van der Waals surface area contributed by atoms with Crippen molar-refractivity contribution in [1.82, 2.24) is 9.97 Å². The average molecular weight is 461 g/mol. The molecule has 7 nitrogen and oxygen atoms in total. The second-order valence-corrected chi connectivity index (χ2v) is 7.84. The molecule has 2 N–H and O–H groups in total. The molecule has 0 spiro atoms. The summed E-state index contributed by atoms with van der Waals surface area (Å²) in [6, 6.07) is 12.7. The predicted molar refractivity (Wildman–Crippen MR) is 115 cm³/mol. The first-order valence-corrected chi connectivity index (χ1v) is 9.89. The highest BCUT2D eigenvalue weighted by molar-refractivity contribution is 5.73. The minimum Gasteiger partial charge on any atom is -0.481 e. The van der Waals surface area contributed by atoms with E-state index in [4.69, 9.17) is 9.84 Å². The van der Waals surface area contributed by atoms with Gasteiger partial charge in [-0.3, -0.25) is 4.79 Å². The van der Waals surface area contributed by atoms with Gasteiger partial charge in [-0.25, -0.2) is 9.97 Å². The number of ether oxygens (including phenoxy) is 2. The molecule has 0 aliphatic carbocycles. The van der Waals surface area contributed by atoms with E-state index in [0.717, 1.165) is 11.1 Å². The van der Waals surface area contributed by atoms with Crippen LogP contribution in [0.25, 0.3) is 11.1 Å². The number of nitrogens with one attached hydrogen (secondary N) is 1. The number of hydrogen-bond donors (Lipinski definition) is 2. The van der Waals surface area contributed by atoms with Crippen molar-refractivity contribution < 1.29 is 32.5 Å². The Kier molecular flexibility index (Phi) is 7.05. The first kappa shape index (κ1) is 23.8. The second kappa shape index (κ2) is 9.76. The molecule has 0 aliphatic rings. The summed E-state index contributed by atoms with van der Waals surface area (Å²) >= 11 is 0. The molecule has 3 aromatic rings. The number of rotatable bonds is 9. The van der Waals surface area contributed by atoms with Crippen LogP contribution in [0.1, 0.15) is 19.4 Å². The molecule has 0 saturated carbocycles. The Hall–Kier alpha value is -3.82. The van der Waals surface area contributed by atoms with Crippen molar-refractivity contribution in [2.24, 2.45) is 5.41 Å². The third-order valence-electron chi connectivity index (χ3n) is 4.60. The number of benzene rings is 1. The van der Waals surface area contributed by atoms with Crippen molar-refractivity contribution in [2.75, 3.05) is 11.9 Å². The van der Waals surface area contributed by atoms with Gasteiger partial charge < -0.3 is 19.9 Å². The van der Waals surface area contributed by atoms with Crippen LogP contribution in [0, 0.1) is 5.41 Å². The smallest absolute Gasteiger partial charge is 0.481 e. The fourth-order valence-electron chi connectivity index (χ4n) is 2.67. The maximum atomic E-state index is 12.4. The number of alkyl halides is 3. The van der Waals surface area contributed by atoms with Crippen LogP contribution in [0.2, 0.25) is 0 Å². The number of aromatic nitrogens is 2. The summed E-state index contributed by atoms with van der Waals surface area (Å²) < 4.78 is 46.5. The van der Waals surface area contributed by atoms with E-state index in [9.17, 15) is 18.0 Å². The molecule has 0 fully saturated rings. The van der Waals surface area contributed by atoms with Crippen LogP contribution < -0.4 is 14.8 Å². The van der Waals surface area contributed by atoms with Crippen molar-refractivity contribution in [2.45, 2.75) is 26.8 Å². The van der Waals surface area contributed by atoms with E-state index in [1.807, 2.05) is 6.07 Å². The van der Waals surface area contributed by atoms with E-state index in [0.29, 0.717) is 17.3 Å². The van der Waals surface area contributed by atoms with Gasteiger partial charge in [0.05, 0.1) is 5.41 Å². The quantitative estimate of drug-likeness (QED) is 0.456. The molecule has 2 aromatic heterocycles. The van der Waals surface area contributed by atoms with Crippen LogP contribution in [0.4, 0.5) is 19.0 Å². The van der Waals surface area contributed by atoms with Crippen molar-refractivity contribution in [3.63, 3.8) is 0 Å². The first-order valence-electron chi connectivity index (χ1n) is 9.89. The molecule has 0 aliphatic heterocycles. The van der Waals surface area contributed by atoms with E-state index in [1.165, 1.54) is 18.2 Å². The Labute approximate surface area is 188 Å². The summed E-state index contributed by atoms with van der Waals surface area (Å²) in [5, 5.41) is 12.2. The fourth-order valence-corrected chi connectivity index (χ4v) is 2.67. The van der Waals surface area contributed by atoms with Gasteiger partial charge in [0.1, 0.15) is 18.2 Å². The van der Waals surface area contributed by atoms with Crippen LogP contribution in [-0.2, 0) is 11.3 Å². The number of nitrogens with zero attached hydrogens (tertiary/aromatic N) is 2. The van der Waals surface area contributed by atoms with Gasteiger partial charge >= 0.3 is 12.3 Å². The molecular weight excluding hydrogens is 439 g/mol. The standard InChI is InChI=1S/C23H22F3N3O4/c1-22(2,21(30)31)14-32-20-9-7-17(13-29-20)16-6-8-19(28-12-16)27-11-15-4-3-5-18(10-15)33-23(24,25)26/h3-10,12-13H,11,14H2,1-2H3,(H,27,28)(H,30,31). The Morgan fingerprint density at radius 1 is 1.03 bits per heavy atom. The fraction of sp³-hybridized carbons (Fsp3) is 0.261. The third-order valence-corrected chi connectivity index (χ3v) is 4.60. The molecule has 0 bridgehead atoms. The number of carbonyl (C=O) groups is 1. The Morgan fingerprint density at radius 2 is 1.73 bits per heavy atom. The molecule has 0 unspecified atom stereocenters. The monoisotopic (exact) mass is 461 g/mol. The summed E-state index contributed by atoms with van der Waals surface area (Å²) in [7, 11) is 0. The van der Waals surface area contributed by atoms with Gasteiger partial charge in [0.15, 0.2) is 0 Å². The number of halogens is 3. The molecule has 0 radical (unpaired) electrons. The number of aliphatic carboxylic acids is 1. The molecule has 33 heavy (non-hydrogen) atoms. The lowest BCUT2D eigenvalue weighted by molar-refractivity contribution is -0.274. The van der Waals surface area contributed by atoms with E-state index in [2.05, 4.69) is 20.0 Å². The minimum absolute atomic E-state index is 0.0121. The zero-order valence-corrected chi connectivity index (χ0v) is 17.9. The maximum Gasteiger partial charge on any atom is 0.573 e. The van der Waals surface area contributed by atoms with Crippen LogP contribution in [0.5, 0.6) is 11.6 Å². The average Bonchev–Trinajstić information content (AvgIpc) is 2.76. The van der Waals surface area contributed by atoms with Gasteiger partial charge in [0.2, 0.25) is 5.88 Å². The highest BCUT2D eigenvalue weighted by atomic mass is 19.4. The lowest BCUT2D eigenvalue weighted by atomic mass is 9.95. The van der Waals surface area contributed by atoms with E-state index < -0.39 is 17.7 Å². The van der Waals surface area contributed by atoms with E-state index in [1.54, 1.807) is 50.5 Å². The predicted octanol–water partition coefficient (Wildman–Crippen LogP) is 5.14. The van der Waals surface area contributed by atoms with Gasteiger partial charge in [0, 0.05) is 36.1 Å². The molecular formula is C23H22F3N3O4. The Balaban J connectivity index is 1.57. The zero-order chi connectivity index (χ0) is 24.1. The Bertz CT molecular complexity index is 1090. The summed E-state index contributed by atoms with van der Waals surface area (Å²) in [5.41, 5.74) is 1.16. The Morgan fingerprint density at radius 3 is 2.30 bits per heavy atom. The van der Waals surface area contributed by atoms with Gasteiger partial charge in [-0.1, -0.05) is 12.1 Å². The van der Waals surface area contributed by atoms with Crippen LogP contribution in [0.3, 0.4) is 0 Å². The van der Waals surface area contributed by atoms with Crippen molar-refractivity contribution in [3.8, 4) is 22.8 Å². The highest BCUT2D eigenvalue weighted by Gasteiger charge is 2.31. The maximum absolute atomic E-state index is 12.4. The van der Waals surface area contributed by atoms with Gasteiger partial charge in [0.25, 0.3) is 0 Å². The summed E-state index contributed by atoms with van der Waals surface area (Å²) in [6.45, 7) is 3.39. The number of pyridine rings is 2. The largest absolute Gasteiger partial charge is 0.573 e. The SMILES string of the molecule is CC(C)(COc1ccc(-c2ccc(NCc3cccc(OC(F)(F)F)c3)nc2)cn1)C(=O)O. The van der Waals surface area contributed by atoms with Crippen LogP contribution >= 0.6 is 0 Å². The number of carboxylic acids is 1. The summed E-state index contributed by atoms with van der Waals surface area (Å²) in [6.07, 6.45) is -1.51. The van der Waals surface area contributed by atoms with Crippen molar-refractivity contribution in [1.29, 1.82) is 0 Å². The molecule has 0 saturated heterocycles. The van der Waals surface area contributed by atoms with Gasteiger partial charge in [-0.15, -0.1) is 13.2 Å². The molecule has 3 rings (SSSR count). The lowest BCUT2D eigenvalue weighted by Gasteiger charge is -2.18. The summed E-state index contributed by atoms with van der Waals surface area (Å²) in [4.78, 5) is 19.7. The first-order chi connectivity index (χ1) is 15.5. The highest BCUT2D eigenvalue weighted by Crippen LogP contribution is 2.25. The van der Waals surface area contributed by atoms with Crippen LogP contribution in [0.15, 0.2) is 60.9 Å². The number of anilines is 1. The normalized spacial score (nSPS) is 11.7. The molecule has 174 valence electrons. The lowest BCUT2D eigenvalue weighted by Crippen LogP contribution is -2.30. The topological polar surface area (TPSA) is 93.6 Å². The molecule has 1 aromatic carbocycles. The van der Waals surface area contributed by atoms with Crippen LogP contribution in [-0.4, -0.2) is 34.0 Å². The van der Waals surface area contributed by atoms with Crippen molar-refractivity contribution >= 4 is 11.8 Å². The molecule has 0 amide bonds. The minimum atomic E-state index is -4.74. The summed E-state index contributed by atoms with van der Waals surface area (Å²) in [5.74, 6) is -0.376. The van der Waals surface area contributed by atoms with Crippen molar-refractivity contribution in [3.05, 3.63) is 66.5 Å². The van der Waals surface area contributed by atoms with E-state index in [-0.39, 0.29) is 18.9 Å². The third kappa shape index (κ3) is 7.09. The number of carboxylic acid groups (broad SMARTS) is 1. The zero-order valence-electron chi connectivity index (χ0n) is 17.9. The molecule has 0 atom stereocenters. The van der Waals surface area contributed by atoms with Gasteiger partial charge in [-0.05, 0) is 49.7 Å². The second-order valence-electron chi connectivity index (χ2n) is 7.84. The van der Waals surface area contributed by atoms with Gasteiger partial charge in [-0.2, -0.15) is 0 Å². The number of hydrogen-bond acceptors (Lipinski definition) is 6. The molecule has 10 heteroatoms.